The molecule has 2 heterocycles. The minimum absolute atomic E-state index is 0.181. The highest BCUT2D eigenvalue weighted by molar-refractivity contribution is 7.14. The number of halogens is 1. The van der Waals surface area contributed by atoms with Crippen molar-refractivity contribution >= 4 is 16.5 Å². The Hall–Kier alpha value is -2.14. The summed E-state index contributed by atoms with van der Waals surface area (Å²) in [5.41, 5.74) is 5.90. The molecular weight excluding hydrogens is 357 g/mol. The van der Waals surface area contributed by atoms with Gasteiger partial charge in [-0.2, -0.15) is 0 Å². The molecule has 1 aromatic carbocycles. The van der Waals surface area contributed by atoms with Crippen LogP contribution in [0.5, 0.6) is 0 Å². The van der Waals surface area contributed by atoms with Crippen molar-refractivity contribution in [2.75, 3.05) is 5.32 Å². The van der Waals surface area contributed by atoms with E-state index in [0.29, 0.717) is 6.04 Å². The van der Waals surface area contributed by atoms with Crippen molar-refractivity contribution in [3.05, 3.63) is 58.5 Å². The first-order chi connectivity index (χ1) is 13.1. The summed E-state index contributed by atoms with van der Waals surface area (Å²) in [4.78, 5) is 4.84. The van der Waals surface area contributed by atoms with Crippen molar-refractivity contribution in [1.29, 1.82) is 0 Å². The van der Waals surface area contributed by atoms with E-state index in [2.05, 4.69) is 35.2 Å². The van der Waals surface area contributed by atoms with Crippen molar-refractivity contribution in [1.82, 2.24) is 9.55 Å². The van der Waals surface area contributed by atoms with Gasteiger partial charge in [0.2, 0.25) is 0 Å². The van der Waals surface area contributed by atoms with E-state index in [-0.39, 0.29) is 5.82 Å². The fraction of sp³-hybridized carbons (Fsp3) is 0.409. The molecule has 0 bridgehead atoms. The third-order valence-electron chi connectivity index (χ3n) is 5.57. The molecule has 0 saturated heterocycles. The second kappa shape index (κ2) is 7.85. The van der Waals surface area contributed by atoms with Gasteiger partial charge in [-0.05, 0) is 56.9 Å². The van der Waals surface area contributed by atoms with Gasteiger partial charge in [0, 0.05) is 34.9 Å². The molecule has 1 aliphatic carbocycles. The maximum atomic E-state index is 13.1. The zero-order valence-corrected chi connectivity index (χ0v) is 16.8. The fourth-order valence-electron chi connectivity index (χ4n) is 4.01. The van der Waals surface area contributed by atoms with Crippen LogP contribution in [0.1, 0.15) is 42.6 Å². The number of benzene rings is 1. The van der Waals surface area contributed by atoms with Gasteiger partial charge in [0.1, 0.15) is 5.82 Å². The Labute approximate surface area is 164 Å². The lowest BCUT2D eigenvalue weighted by molar-refractivity contribution is 0.624. The molecule has 0 atom stereocenters. The van der Waals surface area contributed by atoms with Crippen LogP contribution < -0.4 is 5.32 Å². The molecule has 142 valence electrons. The third-order valence-corrected chi connectivity index (χ3v) is 6.35. The van der Waals surface area contributed by atoms with Gasteiger partial charge in [-0.25, -0.2) is 9.37 Å². The topological polar surface area (TPSA) is 29.9 Å². The summed E-state index contributed by atoms with van der Waals surface area (Å²) in [6.07, 6.45) is 6.05. The summed E-state index contributed by atoms with van der Waals surface area (Å²) >= 11 is 1.70. The van der Waals surface area contributed by atoms with Crippen molar-refractivity contribution < 1.29 is 4.39 Å². The smallest absolute Gasteiger partial charge is 0.183 e. The molecule has 3 aromatic rings. The zero-order valence-electron chi connectivity index (χ0n) is 16.0. The molecule has 1 N–H and O–H groups in total. The lowest BCUT2D eigenvalue weighted by Gasteiger charge is -2.10. The Bertz CT molecular complexity index is 904. The van der Waals surface area contributed by atoms with Crippen molar-refractivity contribution in [3.63, 3.8) is 0 Å². The molecule has 1 aliphatic rings. The summed E-state index contributed by atoms with van der Waals surface area (Å²) in [6.45, 7) is 5.20. The second-order valence-electron chi connectivity index (χ2n) is 7.48. The monoisotopic (exact) mass is 383 g/mol. The van der Waals surface area contributed by atoms with Gasteiger partial charge in [-0.1, -0.05) is 25.0 Å². The predicted octanol–water partition coefficient (Wildman–Crippen LogP) is 5.96. The summed E-state index contributed by atoms with van der Waals surface area (Å²) in [5, 5.41) is 6.78. The van der Waals surface area contributed by atoms with Crippen LogP contribution in [0.25, 0.3) is 11.3 Å². The summed E-state index contributed by atoms with van der Waals surface area (Å²) in [7, 11) is 0. The average molecular weight is 384 g/mol. The lowest BCUT2D eigenvalue weighted by Crippen LogP contribution is -2.14. The highest BCUT2D eigenvalue weighted by Gasteiger charge is 2.18. The molecule has 1 fully saturated rings. The number of hydrogen-bond donors (Lipinski definition) is 1. The van der Waals surface area contributed by atoms with E-state index in [0.717, 1.165) is 29.4 Å². The molecule has 1 saturated carbocycles. The van der Waals surface area contributed by atoms with E-state index in [1.54, 1.807) is 11.3 Å². The summed E-state index contributed by atoms with van der Waals surface area (Å²) in [6, 6.07) is 9.62. The van der Waals surface area contributed by atoms with Crippen LogP contribution in [0.3, 0.4) is 0 Å². The molecule has 4 rings (SSSR count). The van der Waals surface area contributed by atoms with Gasteiger partial charge >= 0.3 is 0 Å². The predicted molar refractivity (Wildman–Crippen MR) is 111 cm³/mol. The normalized spacial score (nSPS) is 14.8. The number of nitrogens with zero attached hydrogens (tertiary/aromatic N) is 2. The molecule has 0 spiro atoms. The van der Waals surface area contributed by atoms with Gasteiger partial charge in [0.15, 0.2) is 5.13 Å². The van der Waals surface area contributed by atoms with Gasteiger partial charge in [-0.3, -0.25) is 0 Å². The first kappa shape index (κ1) is 18.2. The van der Waals surface area contributed by atoms with Gasteiger partial charge in [0.05, 0.1) is 5.69 Å². The highest BCUT2D eigenvalue weighted by atomic mass is 32.1. The Morgan fingerprint density at radius 3 is 2.67 bits per heavy atom. The summed E-state index contributed by atoms with van der Waals surface area (Å²) < 4.78 is 15.4. The van der Waals surface area contributed by atoms with Crippen LogP contribution in [0.15, 0.2) is 35.7 Å². The standard InChI is InChI=1S/C22H26FN3S/c1-15-13-20(21-14-27-22(25-21)24-19-5-3-4-6-19)16(2)26(15)12-11-17-7-9-18(23)10-8-17/h7-10,13-14,19H,3-6,11-12H2,1-2H3,(H,24,25). The Kier molecular flexibility index (Phi) is 5.30. The Morgan fingerprint density at radius 2 is 1.93 bits per heavy atom. The fourth-order valence-corrected chi connectivity index (χ4v) is 4.79. The van der Waals surface area contributed by atoms with Gasteiger partial charge in [0.25, 0.3) is 0 Å². The van der Waals surface area contributed by atoms with Crippen molar-refractivity contribution in [3.8, 4) is 11.3 Å². The van der Waals surface area contributed by atoms with Crippen LogP contribution in [0, 0.1) is 19.7 Å². The number of anilines is 1. The quantitative estimate of drug-likeness (QED) is 0.569. The number of nitrogens with one attached hydrogen (secondary N) is 1. The van der Waals surface area contributed by atoms with E-state index in [1.165, 1.54) is 54.8 Å². The average Bonchev–Trinajstić information content (AvgIpc) is 3.38. The highest BCUT2D eigenvalue weighted by Crippen LogP contribution is 2.31. The molecule has 27 heavy (non-hydrogen) atoms. The molecule has 0 aliphatic heterocycles. The molecule has 2 aromatic heterocycles. The van der Waals surface area contributed by atoms with Crippen LogP contribution in [0.4, 0.5) is 9.52 Å². The van der Waals surface area contributed by atoms with Crippen LogP contribution in [0.2, 0.25) is 0 Å². The van der Waals surface area contributed by atoms with E-state index in [9.17, 15) is 4.39 Å². The minimum atomic E-state index is -0.181. The largest absolute Gasteiger partial charge is 0.359 e. The van der Waals surface area contributed by atoms with Crippen LogP contribution >= 0.6 is 11.3 Å². The maximum Gasteiger partial charge on any atom is 0.183 e. The maximum absolute atomic E-state index is 13.1. The van der Waals surface area contributed by atoms with Crippen LogP contribution in [-0.2, 0) is 13.0 Å². The van der Waals surface area contributed by atoms with E-state index in [1.807, 2.05) is 12.1 Å². The van der Waals surface area contributed by atoms with Crippen LogP contribution in [-0.4, -0.2) is 15.6 Å². The molecule has 0 radical (unpaired) electrons. The minimum Gasteiger partial charge on any atom is -0.359 e. The molecule has 0 amide bonds. The molecule has 3 nitrogen and oxygen atoms in total. The Balaban J connectivity index is 1.48. The zero-order chi connectivity index (χ0) is 18.8. The Morgan fingerprint density at radius 1 is 1.19 bits per heavy atom. The molecule has 5 heteroatoms. The van der Waals surface area contributed by atoms with Crippen molar-refractivity contribution in [2.24, 2.45) is 0 Å². The molecular formula is C22H26FN3S. The number of aryl methyl sites for hydroxylation is 2. The first-order valence-electron chi connectivity index (χ1n) is 9.74. The van der Waals surface area contributed by atoms with E-state index < -0.39 is 0 Å². The number of aromatic nitrogens is 2. The number of rotatable bonds is 6. The van der Waals surface area contributed by atoms with Crippen molar-refractivity contribution in [2.45, 2.75) is 58.5 Å². The SMILES string of the molecule is Cc1cc(-c2csc(NC3CCCC3)n2)c(C)n1CCc1ccc(F)cc1. The molecule has 0 unspecified atom stereocenters. The number of thiazole rings is 1. The third kappa shape index (κ3) is 4.08. The van der Waals surface area contributed by atoms with Gasteiger partial charge in [-0.15, -0.1) is 11.3 Å². The second-order valence-corrected chi connectivity index (χ2v) is 8.33. The van der Waals surface area contributed by atoms with E-state index in [4.69, 9.17) is 4.98 Å². The number of hydrogen-bond acceptors (Lipinski definition) is 3. The van der Waals surface area contributed by atoms with E-state index >= 15 is 0 Å². The lowest BCUT2D eigenvalue weighted by atomic mass is 10.1. The summed E-state index contributed by atoms with van der Waals surface area (Å²) in [5.74, 6) is -0.181. The first-order valence-corrected chi connectivity index (χ1v) is 10.6. The van der Waals surface area contributed by atoms with Gasteiger partial charge < -0.3 is 9.88 Å².